The molecule has 0 spiro atoms. The molecule has 6 rings (SSSR count). The fraction of sp³-hybridized carbons (Fsp3) is 0.0909. The fourth-order valence-electron chi connectivity index (χ4n) is 4.99. The number of carbonyl (C=O) groups excluding carboxylic acids is 1. The molecule has 6 aromatic rings. The predicted molar refractivity (Wildman–Crippen MR) is 155 cm³/mol. The van der Waals surface area contributed by atoms with Gasteiger partial charge in [-0.2, -0.15) is 5.10 Å². The molecule has 0 fully saturated rings. The number of rotatable bonds is 7. The Bertz CT molecular complexity index is 1860. The largest absolute Gasteiger partial charge is 0.478 e. The molecule has 0 unspecified atom stereocenters. The number of nitrogens with zero attached hydrogens (tertiary/aromatic N) is 3. The van der Waals surface area contributed by atoms with Crippen molar-refractivity contribution in [2.45, 2.75) is 19.5 Å². The zero-order valence-corrected chi connectivity index (χ0v) is 21.8. The molecular formula is C33H26N4O3. The van der Waals surface area contributed by atoms with Crippen molar-refractivity contribution in [3.05, 3.63) is 132 Å². The molecule has 4 aromatic carbocycles. The zero-order chi connectivity index (χ0) is 27.6. The summed E-state index contributed by atoms with van der Waals surface area (Å²) >= 11 is 0. The van der Waals surface area contributed by atoms with E-state index in [0.717, 1.165) is 44.1 Å². The summed E-state index contributed by atoms with van der Waals surface area (Å²) in [6.45, 7) is 2.37. The normalized spacial score (nSPS) is 11.9. The second kappa shape index (κ2) is 10.5. The van der Waals surface area contributed by atoms with Gasteiger partial charge >= 0.3 is 5.97 Å². The van der Waals surface area contributed by atoms with Gasteiger partial charge in [0, 0.05) is 17.0 Å². The molecule has 0 saturated carbocycles. The van der Waals surface area contributed by atoms with Gasteiger partial charge in [-0.1, -0.05) is 54.6 Å². The van der Waals surface area contributed by atoms with Gasteiger partial charge in [0.1, 0.15) is 0 Å². The lowest BCUT2D eigenvalue weighted by Gasteiger charge is -2.17. The van der Waals surface area contributed by atoms with E-state index < -0.39 is 5.97 Å². The van der Waals surface area contributed by atoms with E-state index in [2.05, 4.69) is 27.5 Å². The monoisotopic (exact) mass is 526 g/mol. The first kappa shape index (κ1) is 25.0. The van der Waals surface area contributed by atoms with Gasteiger partial charge in [-0.05, 0) is 71.6 Å². The maximum atomic E-state index is 13.8. The molecule has 2 heterocycles. The van der Waals surface area contributed by atoms with Gasteiger partial charge in [-0.3, -0.25) is 14.5 Å². The van der Waals surface area contributed by atoms with Crippen molar-refractivity contribution in [1.82, 2.24) is 20.1 Å². The van der Waals surface area contributed by atoms with Crippen LogP contribution in [0.3, 0.4) is 0 Å². The van der Waals surface area contributed by atoms with E-state index in [-0.39, 0.29) is 17.5 Å². The third-order valence-corrected chi connectivity index (χ3v) is 7.09. The summed E-state index contributed by atoms with van der Waals surface area (Å²) in [5.74, 6) is -1.22. The molecule has 1 atom stereocenters. The molecule has 0 aliphatic heterocycles. The highest BCUT2D eigenvalue weighted by atomic mass is 16.4. The van der Waals surface area contributed by atoms with E-state index in [0.29, 0.717) is 12.1 Å². The molecule has 0 saturated heterocycles. The number of nitrogens with one attached hydrogen (secondary N) is 1. The minimum atomic E-state index is -0.987. The highest BCUT2D eigenvalue weighted by molar-refractivity contribution is 6.07. The third kappa shape index (κ3) is 4.92. The number of aromatic nitrogens is 3. The van der Waals surface area contributed by atoms with Crippen molar-refractivity contribution in [3.8, 4) is 11.1 Å². The molecule has 0 aliphatic carbocycles. The summed E-state index contributed by atoms with van der Waals surface area (Å²) in [7, 11) is 0. The summed E-state index contributed by atoms with van der Waals surface area (Å²) in [6, 6.07) is 30.2. The lowest BCUT2D eigenvalue weighted by Crippen LogP contribution is -2.27. The van der Waals surface area contributed by atoms with Crippen LogP contribution >= 0.6 is 0 Å². The lowest BCUT2D eigenvalue weighted by atomic mass is 9.99. The number of carboxylic acid groups (broad SMARTS) is 1. The number of fused-ring (bicyclic) bond motifs is 2. The number of pyridine rings is 1. The second-order valence-electron chi connectivity index (χ2n) is 9.78. The number of benzene rings is 4. The second-order valence-corrected chi connectivity index (χ2v) is 9.78. The van der Waals surface area contributed by atoms with E-state index >= 15 is 0 Å². The van der Waals surface area contributed by atoms with Gasteiger partial charge in [-0.15, -0.1) is 0 Å². The molecule has 7 nitrogen and oxygen atoms in total. The average molecular weight is 527 g/mol. The molecule has 2 aromatic heterocycles. The van der Waals surface area contributed by atoms with E-state index in [1.54, 1.807) is 36.7 Å². The molecule has 196 valence electrons. The summed E-state index contributed by atoms with van der Waals surface area (Å²) in [6.07, 6.45) is 3.58. The first-order valence-corrected chi connectivity index (χ1v) is 13.0. The number of carboxylic acids is 1. The van der Waals surface area contributed by atoms with Crippen LogP contribution in [-0.2, 0) is 6.54 Å². The summed E-state index contributed by atoms with van der Waals surface area (Å²) in [5, 5.41) is 18.9. The van der Waals surface area contributed by atoms with E-state index in [1.165, 1.54) is 0 Å². The van der Waals surface area contributed by atoms with Crippen molar-refractivity contribution in [3.63, 3.8) is 0 Å². The Morgan fingerprint density at radius 2 is 1.68 bits per heavy atom. The van der Waals surface area contributed by atoms with Gasteiger partial charge < -0.3 is 10.4 Å². The van der Waals surface area contributed by atoms with Crippen LogP contribution in [-0.4, -0.2) is 31.7 Å². The number of hydrogen-bond donors (Lipinski definition) is 2. The van der Waals surface area contributed by atoms with E-state index in [4.69, 9.17) is 0 Å². The summed E-state index contributed by atoms with van der Waals surface area (Å²) in [5.41, 5.74) is 6.19. The summed E-state index contributed by atoms with van der Waals surface area (Å²) in [4.78, 5) is 29.5. The van der Waals surface area contributed by atoms with Crippen molar-refractivity contribution in [1.29, 1.82) is 0 Å². The molecule has 0 bridgehead atoms. The van der Waals surface area contributed by atoms with Gasteiger partial charge in [0.15, 0.2) is 0 Å². The first-order valence-electron chi connectivity index (χ1n) is 13.0. The Morgan fingerprint density at radius 1 is 0.875 bits per heavy atom. The van der Waals surface area contributed by atoms with Crippen LogP contribution in [0.15, 0.2) is 109 Å². The quantitative estimate of drug-likeness (QED) is 0.248. The van der Waals surface area contributed by atoms with Gasteiger partial charge in [0.05, 0.1) is 40.9 Å². The van der Waals surface area contributed by atoms with Crippen LogP contribution in [0.4, 0.5) is 0 Å². The van der Waals surface area contributed by atoms with E-state index in [9.17, 15) is 14.7 Å². The topological polar surface area (TPSA) is 97.1 Å². The zero-order valence-electron chi connectivity index (χ0n) is 21.8. The van der Waals surface area contributed by atoms with Crippen LogP contribution in [0.5, 0.6) is 0 Å². The Morgan fingerprint density at radius 3 is 2.45 bits per heavy atom. The fourth-order valence-corrected chi connectivity index (χ4v) is 4.99. The molecule has 0 aliphatic rings. The van der Waals surface area contributed by atoms with Crippen molar-refractivity contribution < 1.29 is 14.7 Å². The van der Waals surface area contributed by atoms with Crippen LogP contribution < -0.4 is 5.32 Å². The van der Waals surface area contributed by atoms with Crippen LogP contribution in [0, 0.1) is 0 Å². The number of amides is 1. The Balaban J connectivity index is 1.39. The van der Waals surface area contributed by atoms with Crippen LogP contribution in [0.2, 0.25) is 0 Å². The number of carbonyl (C=O) groups is 2. The van der Waals surface area contributed by atoms with E-state index in [1.807, 2.05) is 72.3 Å². The molecule has 1 amide bonds. The molecule has 0 radical (unpaired) electrons. The predicted octanol–water partition coefficient (Wildman–Crippen LogP) is 6.49. The Hall–Kier alpha value is -5.30. The van der Waals surface area contributed by atoms with Gasteiger partial charge in [0.2, 0.25) is 0 Å². The van der Waals surface area contributed by atoms with Crippen molar-refractivity contribution in [2.24, 2.45) is 0 Å². The van der Waals surface area contributed by atoms with Crippen LogP contribution in [0.25, 0.3) is 32.9 Å². The highest BCUT2D eigenvalue weighted by Crippen LogP contribution is 2.29. The maximum absolute atomic E-state index is 13.8. The third-order valence-electron chi connectivity index (χ3n) is 7.09. The standard InChI is InChI=1S/C33H26N4O3/c1-21(23-10-12-25(13-11-23)33(39)40)36-32(38)29-18-27(24-6-3-2-4-7-24)17-28-19-35-37(31(28)29)20-22-9-14-30-26(16-22)8-5-15-34-30/h2-19,21H,20H2,1H3,(H,36,38)(H,39,40)/t21-/m0/s1. The van der Waals surface area contributed by atoms with Crippen LogP contribution in [0.1, 0.15) is 44.8 Å². The summed E-state index contributed by atoms with van der Waals surface area (Å²) < 4.78 is 1.86. The van der Waals surface area contributed by atoms with Crippen molar-refractivity contribution >= 4 is 33.7 Å². The molecule has 40 heavy (non-hydrogen) atoms. The highest BCUT2D eigenvalue weighted by Gasteiger charge is 2.20. The maximum Gasteiger partial charge on any atom is 0.335 e. The van der Waals surface area contributed by atoms with Crippen molar-refractivity contribution in [2.75, 3.05) is 0 Å². The van der Waals surface area contributed by atoms with Gasteiger partial charge in [0.25, 0.3) is 5.91 Å². The Labute approximate surface area is 230 Å². The minimum absolute atomic E-state index is 0.202. The lowest BCUT2D eigenvalue weighted by molar-refractivity contribution is 0.0696. The van der Waals surface area contributed by atoms with Gasteiger partial charge in [-0.25, -0.2) is 4.79 Å². The smallest absolute Gasteiger partial charge is 0.335 e. The average Bonchev–Trinajstić information content (AvgIpc) is 3.39. The minimum Gasteiger partial charge on any atom is -0.478 e. The molecule has 7 heteroatoms. The Kier molecular flexibility index (Phi) is 6.54. The molecular weight excluding hydrogens is 500 g/mol. The first-order chi connectivity index (χ1) is 19.5. The SMILES string of the molecule is C[C@H](NC(=O)c1cc(-c2ccccc2)cc2cnn(Cc3ccc4ncccc4c3)c12)c1ccc(C(=O)O)cc1. The molecule has 2 N–H and O–H groups in total. The number of hydrogen-bond acceptors (Lipinski definition) is 4. The number of aromatic carboxylic acids is 1.